The van der Waals surface area contributed by atoms with Crippen LogP contribution in [0.25, 0.3) is 10.9 Å². The van der Waals surface area contributed by atoms with E-state index in [1.165, 1.54) is 30.0 Å². The van der Waals surface area contributed by atoms with Crippen LogP contribution in [0.1, 0.15) is 38.2 Å². The summed E-state index contributed by atoms with van der Waals surface area (Å²) in [5, 5.41) is 0.981. The monoisotopic (exact) mass is 406 g/mol. The molecule has 1 fully saturated rings. The van der Waals surface area contributed by atoms with Gasteiger partial charge in [0.2, 0.25) is 5.88 Å². The first-order chi connectivity index (χ1) is 14.7. The van der Waals surface area contributed by atoms with E-state index < -0.39 is 0 Å². The smallest absolute Gasteiger partial charge is 0.224 e. The Balaban J connectivity index is 1.26. The third-order valence-electron chi connectivity index (χ3n) is 6.01. The number of benzene rings is 1. The van der Waals surface area contributed by atoms with Gasteiger partial charge in [-0.05, 0) is 44.9 Å². The van der Waals surface area contributed by atoms with E-state index in [2.05, 4.69) is 48.7 Å². The van der Waals surface area contributed by atoms with E-state index in [1.807, 2.05) is 13.8 Å². The summed E-state index contributed by atoms with van der Waals surface area (Å²) in [6, 6.07) is 6.40. The van der Waals surface area contributed by atoms with Crippen molar-refractivity contribution in [2.24, 2.45) is 0 Å². The van der Waals surface area contributed by atoms with Gasteiger partial charge in [-0.3, -0.25) is 4.90 Å². The predicted molar refractivity (Wildman–Crippen MR) is 118 cm³/mol. The van der Waals surface area contributed by atoms with Crippen molar-refractivity contribution in [1.29, 1.82) is 0 Å². The number of hydrogen-bond acceptors (Lipinski definition) is 6. The molecule has 0 unspecified atom stereocenters. The lowest BCUT2D eigenvalue weighted by Gasteiger charge is -2.35. The summed E-state index contributed by atoms with van der Waals surface area (Å²) >= 11 is 0. The molecular formula is C23H30N6O. The Morgan fingerprint density at radius 1 is 1.03 bits per heavy atom. The van der Waals surface area contributed by atoms with Gasteiger partial charge in [0, 0.05) is 57.6 Å². The van der Waals surface area contributed by atoms with Gasteiger partial charge in [0.25, 0.3) is 0 Å². The molecule has 7 heteroatoms. The fraction of sp³-hybridized carbons (Fsp3) is 0.522. The first kappa shape index (κ1) is 19.3. The number of aromatic nitrogens is 4. The number of nitrogens with zero attached hydrogens (tertiary/aromatic N) is 6. The molecule has 0 saturated carbocycles. The molecule has 158 valence electrons. The van der Waals surface area contributed by atoms with Gasteiger partial charge in [-0.1, -0.05) is 0 Å². The molecule has 0 atom stereocenters. The zero-order valence-corrected chi connectivity index (χ0v) is 17.9. The van der Waals surface area contributed by atoms with Gasteiger partial charge in [0.1, 0.15) is 12.2 Å². The van der Waals surface area contributed by atoms with Crippen molar-refractivity contribution in [3.63, 3.8) is 0 Å². The topological polar surface area (TPSA) is 59.3 Å². The molecule has 0 bridgehead atoms. The second-order valence-corrected chi connectivity index (χ2v) is 8.61. The maximum Gasteiger partial charge on any atom is 0.224 e. The number of imidazole rings is 1. The minimum absolute atomic E-state index is 0.0870. The Hall–Kier alpha value is -2.67. The number of rotatable bonds is 5. The Kier molecular flexibility index (Phi) is 5.29. The quantitative estimate of drug-likeness (QED) is 0.648. The lowest BCUT2D eigenvalue weighted by molar-refractivity contribution is 0.235. The van der Waals surface area contributed by atoms with E-state index in [0.717, 1.165) is 56.6 Å². The SMILES string of the molecule is CC(C)Oc1ncnc2ccc(N3CCN(Cc4cn5c(n4)CCCC5)CC3)cc12. The molecule has 0 spiro atoms. The molecule has 2 aliphatic rings. The van der Waals surface area contributed by atoms with E-state index >= 15 is 0 Å². The van der Waals surface area contributed by atoms with E-state index in [-0.39, 0.29) is 6.10 Å². The summed E-state index contributed by atoms with van der Waals surface area (Å²) in [6.07, 6.45) is 7.61. The van der Waals surface area contributed by atoms with Crippen LogP contribution in [0.3, 0.4) is 0 Å². The molecule has 0 aliphatic carbocycles. The fourth-order valence-electron chi connectivity index (χ4n) is 4.48. The largest absolute Gasteiger partial charge is 0.474 e. The lowest BCUT2D eigenvalue weighted by atomic mass is 10.2. The molecule has 5 rings (SSSR count). The lowest BCUT2D eigenvalue weighted by Crippen LogP contribution is -2.46. The molecule has 2 aliphatic heterocycles. The van der Waals surface area contributed by atoms with Gasteiger partial charge >= 0.3 is 0 Å². The molecule has 4 heterocycles. The highest BCUT2D eigenvalue weighted by Crippen LogP contribution is 2.28. The maximum atomic E-state index is 5.90. The van der Waals surface area contributed by atoms with Crippen LogP contribution in [0, 0.1) is 0 Å². The number of ether oxygens (including phenoxy) is 1. The zero-order valence-electron chi connectivity index (χ0n) is 17.9. The third kappa shape index (κ3) is 3.99. The van der Waals surface area contributed by atoms with E-state index in [4.69, 9.17) is 9.72 Å². The summed E-state index contributed by atoms with van der Waals surface area (Å²) in [6.45, 7) is 10.2. The highest BCUT2D eigenvalue weighted by Gasteiger charge is 2.20. The fourth-order valence-corrected chi connectivity index (χ4v) is 4.48. The van der Waals surface area contributed by atoms with Crippen LogP contribution in [0.15, 0.2) is 30.7 Å². The molecule has 7 nitrogen and oxygen atoms in total. The standard InChI is InChI=1S/C23H30N6O/c1-17(2)30-23-20-13-19(6-7-21(20)24-16-25-23)28-11-9-27(10-12-28)14-18-15-29-8-4-3-5-22(29)26-18/h6-7,13,15-17H,3-5,8-12,14H2,1-2H3. The van der Waals surface area contributed by atoms with E-state index in [0.29, 0.717) is 5.88 Å². The number of hydrogen-bond donors (Lipinski definition) is 0. The van der Waals surface area contributed by atoms with Gasteiger partial charge in [0.05, 0.1) is 22.7 Å². The van der Waals surface area contributed by atoms with Crippen LogP contribution >= 0.6 is 0 Å². The molecule has 0 radical (unpaired) electrons. The van der Waals surface area contributed by atoms with Crippen LogP contribution in [0.2, 0.25) is 0 Å². The van der Waals surface area contributed by atoms with Crippen LogP contribution < -0.4 is 9.64 Å². The van der Waals surface area contributed by atoms with Gasteiger partial charge in [0.15, 0.2) is 0 Å². The van der Waals surface area contributed by atoms with Crippen molar-refractivity contribution in [2.75, 3.05) is 31.1 Å². The Morgan fingerprint density at radius 3 is 2.70 bits per heavy atom. The number of piperazine rings is 1. The van der Waals surface area contributed by atoms with Crippen molar-refractivity contribution in [1.82, 2.24) is 24.4 Å². The van der Waals surface area contributed by atoms with Crippen LogP contribution in [0.4, 0.5) is 5.69 Å². The van der Waals surface area contributed by atoms with Gasteiger partial charge in [-0.15, -0.1) is 0 Å². The minimum atomic E-state index is 0.0870. The average molecular weight is 407 g/mol. The molecule has 1 saturated heterocycles. The minimum Gasteiger partial charge on any atom is -0.474 e. The Morgan fingerprint density at radius 2 is 1.90 bits per heavy atom. The number of aryl methyl sites for hydroxylation is 2. The van der Waals surface area contributed by atoms with Crippen LogP contribution in [-0.2, 0) is 19.5 Å². The molecule has 30 heavy (non-hydrogen) atoms. The van der Waals surface area contributed by atoms with E-state index in [9.17, 15) is 0 Å². The second kappa shape index (κ2) is 8.22. The van der Waals surface area contributed by atoms with Gasteiger partial charge < -0.3 is 14.2 Å². The zero-order chi connectivity index (χ0) is 20.5. The molecule has 2 aromatic heterocycles. The highest BCUT2D eigenvalue weighted by atomic mass is 16.5. The van der Waals surface area contributed by atoms with Crippen molar-refractivity contribution in [2.45, 2.75) is 52.3 Å². The third-order valence-corrected chi connectivity index (χ3v) is 6.01. The Labute approximate surface area is 177 Å². The molecular weight excluding hydrogens is 376 g/mol. The number of anilines is 1. The predicted octanol–water partition coefficient (Wildman–Crippen LogP) is 3.27. The van der Waals surface area contributed by atoms with Crippen LogP contribution in [0.5, 0.6) is 5.88 Å². The summed E-state index contributed by atoms with van der Waals surface area (Å²) < 4.78 is 8.25. The summed E-state index contributed by atoms with van der Waals surface area (Å²) in [7, 11) is 0. The average Bonchev–Trinajstić information content (AvgIpc) is 3.16. The van der Waals surface area contributed by atoms with E-state index in [1.54, 1.807) is 6.33 Å². The first-order valence-electron chi connectivity index (χ1n) is 11.1. The molecule has 0 amide bonds. The normalized spacial score (nSPS) is 17.5. The van der Waals surface area contributed by atoms with Crippen molar-refractivity contribution in [3.8, 4) is 5.88 Å². The maximum absolute atomic E-state index is 5.90. The van der Waals surface area contributed by atoms with Gasteiger partial charge in [-0.25, -0.2) is 15.0 Å². The highest BCUT2D eigenvalue weighted by molar-refractivity contribution is 5.86. The van der Waals surface area contributed by atoms with Crippen molar-refractivity contribution in [3.05, 3.63) is 42.2 Å². The first-order valence-corrected chi connectivity index (χ1v) is 11.1. The number of fused-ring (bicyclic) bond motifs is 2. The van der Waals surface area contributed by atoms with Crippen molar-refractivity contribution >= 4 is 16.6 Å². The Bertz CT molecular complexity index is 998. The second-order valence-electron chi connectivity index (χ2n) is 8.61. The van der Waals surface area contributed by atoms with Gasteiger partial charge in [-0.2, -0.15) is 0 Å². The van der Waals surface area contributed by atoms with Crippen LogP contribution in [-0.4, -0.2) is 56.7 Å². The van der Waals surface area contributed by atoms with Crippen molar-refractivity contribution < 1.29 is 4.74 Å². The summed E-state index contributed by atoms with van der Waals surface area (Å²) in [5.74, 6) is 1.94. The molecule has 0 N–H and O–H groups in total. The molecule has 1 aromatic carbocycles. The summed E-state index contributed by atoms with van der Waals surface area (Å²) in [4.78, 5) is 18.6. The summed E-state index contributed by atoms with van der Waals surface area (Å²) in [5.41, 5.74) is 3.36. The molecule has 3 aromatic rings.